The van der Waals surface area contributed by atoms with Gasteiger partial charge in [-0.1, -0.05) is 6.07 Å². The van der Waals surface area contributed by atoms with Crippen LogP contribution < -0.4 is 10.5 Å². The summed E-state index contributed by atoms with van der Waals surface area (Å²) in [5.74, 6) is -0.939. The molecule has 5 nitrogen and oxygen atoms in total. The van der Waals surface area contributed by atoms with Crippen LogP contribution in [0.1, 0.15) is 24.4 Å². The first-order valence-electron chi connectivity index (χ1n) is 5.21. The summed E-state index contributed by atoms with van der Waals surface area (Å²) in [4.78, 5) is 10.9. The maximum atomic E-state index is 10.9. The third-order valence-corrected chi connectivity index (χ3v) is 2.27. The van der Waals surface area contributed by atoms with E-state index in [9.17, 15) is 4.79 Å². The molecule has 0 bridgehead atoms. The first-order valence-corrected chi connectivity index (χ1v) is 5.21. The predicted molar refractivity (Wildman–Crippen MR) is 63.3 cm³/mol. The summed E-state index contributed by atoms with van der Waals surface area (Å²) in [5, 5.41) is 9.48. The van der Waals surface area contributed by atoms with Crippen LogP contribution in [0.25, 0.3) is 11.0 Å². The highest BCUT2D eigenvalue weighted by Crippen LogP contribution is 2.34. The molecule has 0 saturated carbocycles. The zero-order chi connectivity index (χ0) is 12.6. The van der Waals surface area contributed by atoms with E-state index in [1.807, 2.05) is 13.8 Å². The van der Waals surface area contributed by atoms with Gasteiger partial charge in [0, 0.05) is 5.39 Å². The zero-order valence-corrected chi connectivity index (χ0v) is 9.56. The van der Waals surface area contributed by atoms with E-state index in [0.29, 0.717) is 16.7 Å². The Bertz CT molecular complexity index is 571. The highest BCUT2D eigenvalue weighted by molar-refractivity contribution is 6.04. The molecule has 0 aliphatic carbocycles. The Morgan fingerprint density at radius 3 is 2.76 bits per heavy atom. The van der Waals surface area contributed by atoms with Gasteiger partial charge in [0.15, 0.2) is 11.3 Å². The molecule has 0 atom stereocenters. The lowest BCUT2D eigenvalue weighted by Crippen LogP contribution is -2.05. The Hall–Kier alpha value is -2.17. The number of hydrogen-bond acceptors (Lipinski definition) is 4. The molecule has 1 aromatic carbocycles. The number of benzene rings is 1. The summed E-state index contributed by atoms with van der Waals surface area (Å²) in [6, 6.07) is 5.17. The third-order valence-electron chi connectivity index (χ3n) is 2.27. The van der Waals surface area contributed by atoms with Gasteiger partial charge in [0.1, 0.15) is 0 Å². The first-order chi connectivity index (χ1) is 8.00. The number of carboxylic acid groups (broad SMARTS) is 1. The van der Waals surface area contributed by atoms with Crippen LogP contribution in [0.5, 0.6) is 5.75 Å². The number of carboxylic acids is 1. The molecule has 0 aliphatic rings. The minimum atomic E-state index is -1.19. The molecule has 1 aromatic heterocycles. The lowest BCUT2D eigenvalue weighted by atomic mass is 10.2. The molecule has 3 N–H and O–H groups in total. The van der Waals surface area contributed by atoms with E-state index in [-0.39, 0.29) is 17.6 Å². The number of anilines is 1. The van der Waals surface area contributed by atoms with Gasteiger partial charge in [-0.15, -0.1) is 0 Å². The minimum absolute atomic E-state index is 0.0276. The largest absolute Gasteiger partial charge is 0.487 e. The van der Waals surface area contributed by atoms with Crippen LogP contribution in [0.4, 0.5) is 5.69 Å². The monoisotopic (exact) mass is 235 g/mol. The van der Waals surface area contributed by atoms with Crippen LogP contribution in [0.15, 0.2) is 22.6 Å². The summed E-state index contributed by atoms with van der Waals surface area (Å²) in [6.07, 6.45) is -0.0276. The van der Waals surface area contributed by atoms with E-state index in [4.69, 9.17) is 20.0 Å². The normalized spacial score (nSPS) is 11.0. The van der Waals surface area contributed by atoms with Crippen LogP contribution in [0.3, 0.4) is 0 Å². The molecule has 0 radical (unpaired) electrons. The number of fused-ring (bicyclic) bond motifs is 1. The molecule has 0 saturated heterocycles. The standard InChI is InChI=1S/C12H13NO4/c1-6(2)16-8-5-3-4-7-9(13)11(12(14)15)17-10(7)8/h3-6H,13H2,1-2H3,(H,14,15). The fraction of sp³-hybridized carbons (Fsp3) is 0.250. The average molecular weight is 235 g/mol. The van der Waals surface area contributed by atoms with Crippen LogP contribution in [-0.4, -0.2) is 17.2 Å². The van der Waals surface area contributed by atoms with Gasteiger partial charge in [0.05, 0.1) is 11.8 Å². The third kappa shape index (κ3) is 1.91. The summed E-state index contributed by atoms with van der Waals surface area (Å²) < 4.78 is 10.8. The molecule has 0 unspecified atom stereocenters. The fourth-order valence-electron chi connectivity index (χ4n) is 1.62. The number of nitrogen functional groups attached to an aromatic ring is 1. The van der Waals surface area contributed by atoms with Crippen molar-refractivity contribution in [1.82, 2.24) is 0 Å². The number of aromatic carboxylic acids is 1. The van der Waals surface area contributed by atoms with E-state index in [0.717, 1.165) is 0 Å². The molecule has 2 rings (SSSR count). The number of ether oxygens (including phenoxy) is 1. The minimum Gasteiger partial charge on any atom is -0.487 e. The molecule has 0 aliphatic heterocycles. The second-order valence-electron chi connectivity index (χ2n) is 3.95. The van der Waals surface area contributed by atoms with Gasteiger partial charge >= 0.3 is 5.97 Å². The zero-order valence-electron chi connectivity index (χ0n) is 9.56. The van der Waals surface area contributed by atoms with Crippen LogP contribution >= 0.6 is 0 Å². The van der Waals surface area contributed by atoms with Crippen molar-refractivity contribution < 1.29 is 19.1 Å². The SMILES string of the molecule is CC(C)Oc1cccc2c(N)c(C(=O)O)oc12. The smallest absolute Gasteiger partial charge is 0.374 e. The molecule has 17 heavy (non-hydrogen) atoms. The second-order valence-corrected chi connectivity index (χ2v) is 3.95. The van der Waals surface area contributed by atoms with Crippen molar-refractivity contribution in [1.29, 1.82) is 0 Å². The van der Waals surface area contributed by atoms with Crippen molar-refractivity contribution >= 4 is 22.6 Å². The first kappa shape index (κ1) is 11.3. The van der Waals surface area contributed by atoms with Crippen molar-refractivity contribution in [2.75, 3.05) is 5.73 Å². The van der Waals surface area contributed by atoms with Crippen molar-refractivity contribution in [3.05, 3.63) is 24.0 Å². The van der Waals surface area contributed by atoms with Crippen molar-refractivity contribution in [3.8, 4) is 5.75 Å². The molecule has 0 fully saturated rings. The molecular formula is C12H13NO4. The Morgan fingerprint density at radius 1 is 1.47 bits per heavy atom. The van der Waals surface area contributed by atoms with Gasteiger partial charge in [0.25, 0.3) is 0 Å². The number of carbonyl (C=O) groups is 1. The lowest BCUT2D eigenvalue weighted by Gasteiger charge is -2.09. The Balaban J connectivity index is 2.64. The Labute approximate surface area is 97.8 Å². The molecule has 90 valence electrons. The quantitative estimate of drug-likeness (QED) is 0.853. The molecule has 0 spiro atoms. The van der Waals surface area contributed by atoms with E-state index in [2.05, 4.69) is 0 Å². The van der Waals surface area contributed by atoms with Crippen molar-refractivity contribution in [3.63, 3.8) is 0 Å². The lowest BCUT2D eigenvalue weighted by molar-refractivity contribution is 0.0666. The second kappa shape index (κ2) is 4.01. The maximum Gasteiger partial charge on any atom is 0.374 e. The number of para-hydroxylation sites is 1. The Kier molecular flexibility index (Phi) is 2.67. The summed E-state index contributed by atoms with van der Waals surface area (Å²) >= 11 is 0. The van der Waals surface area contributed by atoms with Crippen LogP contribution in [-0.2, 0) is 0 Å². The van der Waals surface area contributed by atoms with E-state index < -0.39 is 5.97 Å². The van der Waals surface area contributed by atoms with E-state index in [1.165, 1.54) is 0 Å². The van der Waals surface area contributed by atoms with Crippen LogP contribution in [0.2, 0.25) is 0 Å². The van der Waals surface area contributed by atoms with Gasteiger partial charge < -0.3 is 20.0 Å². The average Bonchev–Trinajstić information content (AvgIpc) is 2.57. The van der Waals surface area contributed by atoms with Gasteiger partial charge in [-0.3, -0.25) is 0 Å². The number of furan rings is 1. The van der Waals surface area contributed by atoms with Crippen molar-refractivity contribution in [2.45, 2.75) is 20.0 Å². The summed E-state index contributed by atoms with van der Waals surface area (Å²) in [5.41, 5.74) is 6.21. The van der Waals surface area contributed by atoms with Crippen molar-refractivity contribution in [2.24, 2.45) is 0 Å². The van der Waals surface area contributed by atoms with Gasteiger partial charge in [-0.2, -0.15) is 0 Å². The van der Waals surface area contributed by atoms with Crippen LogP contribution in [0, 0.1) is 0 Å². The number of rotatable bonds is 3. The molecule has 1 heterocycles. The molecule has 5 heteroatoms. The van der Waals surface area contributed by atoms with Gasteiger partial charge in [-0.05, 0) is 26.0 Å². The predicted octanol–water partition coefficient (Wildman–Crippen LogP) is 2.50. The summed E-state index contributed by atoms with van der Waals surface area (Å²) in [6.45, 7) is 3.76. The van der Waals surface area contributed by atoms with Gasteiger partial charge in [-0.25, -0.2) is 4.79 Å². The van der Waals surface area contributed by atoms with E-state index in [1.54, 1.807) is 18.2 Å². The van der Waals surface area contributed by atoms with Gasteiger partial charge in [0.2, 0.25) is 5.76 Å². The topological polar surface area (TPSA) is 85.7 Å². The molecular weight excluding hydrogens is 222 g/mol. The highest BCUT2D eigenvalue weighted by Gasteiger charge is 2.20. The highest BCUT2D eigenvalue weighted by atomic mass is 16.5. The molecule has 2 aromatic rings. The summed E-state index contributed by atoms with van der Waals surface area (Å²) in [7, 11) is 0. The number of hydrogen-bond donors (Lipinski definition) is 2. The molecule has 0 amide bonds. The fourth-order valence-corrected chi connectivity index (χ4v) is 1.62. The maximum absolute atomic E-state index is 10.9. The number of nitrogens with two attached hydrogens (primary N) is 1. The Morgan fingerprint density at radius 2 is 2.18 bits per heavy atom. The van der Waals surface area contributed by atoms with E-state index >= 15 is 0 Å².